The Morgan fingerprint density at radius 2 is 2.00 bits per heavy atom. The molecule has 0 saturated carbocycles. The number of hydrogen-bond acceptors (Lipinski definition) is 3. The van der Waals surface area contributed by atoms with Crippen molar-refractivity contribution < 1.29 is 9.47 Å². The van der Waals surface area contributed by atoms with Crippen molar-refractivity contribution in [3.8, 4) is 5.75 Å². The molecular formula is C16H21Cl2NO2. The van der Waals surface area contributed by atoms with Crippen LogP contribution in [0.15, 0.2) is 12.1 Å². The summed E-state index contributed by atoms with van der Waals surface area (Å²) < 4.78 is 11.2. The van der Waals surface area contributed by atoms with Gasteiger partial charge in [-0.25, -0.2) is 0 Å². The molecule has 116 valence electrons. The van der Waals surface area contributed by atoms with Crippen molar-refractivity contribution in [3.63, 3.8) is 0 Å². The van der Waals surface area contributed by atoms with Crippen LogP contribution in [0.2, 0.25) is 10.0 Å². The molecule has 2 heterocycles. The predicted molar refractivity (Wildman–Crippen MR) is 85.5 cm³/mol. The molecule has 0 aromatic heterocycles. The lowest BCUT2D eigenvalue weighted by Gasteiger charge is -2.36. The summed E-state index contributed by atoms with van der Waals surface area (Å²) in [5, 5.41) is 4.95. The number of fused-ring (bicyclic) bond motifs is 1. The molecule has 1 aromatic rings. The third kappa shape index (κ3) is 3.48. The van der Waals surface area contributed by atoms with E-state index >= 15 is 0 Å². The van der Waals surface area contributed by atoms with E-state index in [4.69, 9.17) is 32.7 Å². The molecule has 0 amide bonds. The molecule has 3 rings (SSSR count). The molecule has 1 saturated heterocycles. The summed E-state index contributed by atoms with van der Waals surface area (Å²) in [6.45, 7) is 5.71. The van der Waals surface area contributed by atoms with Crippen molar-refractivity contribution in [2.75, 3.05) is 26.4 Å². The molecule has 2 aliphatic heterocycles. The van der Waals surface area contributed by atoms with Gasteiger partial charge in [0.2, 0.25) is 0 Å². The first kappa shape index (κ1) is 15.4. The van der Waals surface area contributed by atoms with Crippen molar-refractivity contribution in [1.82, 2.24) is 5.32 Å². The molecule has 0 radical (unpaired) electrons. The molecule has 1 unspecified atom stereocenters. The molecule has 3 nitrogen and oxygen atoms in total. The van der Waals surface area contributed by atoms with Gasteiger partial charge in [0, 0.05) is 42.8 Å². The quantitative estimate of drug-likeness (QED) is 0.900. The molecule has 2 aliphatic rings. The number of ether oxygens (including phenoxy) is 2. The van der Waals surface area contributed by atoms with Gasteiger partial charge in [0.1, 0.15) is 5.75 Å². The van der Waals surface area contributed by atoms with Gasteiger partial charge >= 0.3 is 0 Å². The van der Waals surface area contributed by atoms with Crippen LogP contribution in [0.3, 0.4) is 0 Å². The summed E-state index contributed by atoms with van der Waals surface area (Å²) in [5.41, 5.74) is 1.38. The second-order valence-electron chi connectivity index (χ2n) is 6.30. The highest BCUT2D eigenvalue weighted by atomic mass is 35.5. The number of benzene rings is 1. The van der Waals surface area contributed by atoms with Gasteiger partial charge in [0.25, 0.3) is 0 Å². The lowest BCUT2D eigenvalue weighted by atomic mass is 9.82. The highest BCUT2D eigenvalue weighted by molar-refractivity contribution is 6.35. The van der Waals surface area contributed by atoms with E-state index in [0.717, 1.165) is 50.3 Å². The highest BCUT2D eigenvalue weighted by Gasteiger charge is 2.30. The van der Waals surface area contributed by atoms with E-state index in [9.17, 15) is 0 Å². The van der Waals surface area contributed by atoms with Gasteiger partial charge in [-0.15, -0.1) is 0 Å². The minimum atomic E-state index is 0.254. The van der Waals surface area contributed by atoms with Gasteiger partial charge < -0.3 is 14.8 Å². The predicted octanol–water partition coefficient (Wildman–Crippen LogP) is 4.22. The molecule has 5 heteroatoms. The standard InChI is InChI=1S/C16H21Cl2NO2/c1-16(3-6-20-7-4-16)10-19-14-2-5-21-15-12(14)8-11(17)9-13(15)18/h8-9,14,19H,2-7,10H2,1H3. The third-order valence-corrected chi connectivity index (χ3v) is 5.04. The van der Waals surface area contributed by atoms with Crippen molar-refractivity contribution in [2.45, 2.75) is 32.2 Å². The van der Waals surface area contributed by atoms with Crippen molar-refractivity contribution in [2.24, 2.45) is 5.41 Å². The number of hydrogen-bond donors (Lipinski definition) is 1. The van der Waals surface area contributed by atoms with E-state index in [-0.39, 0.29) is 6.04 Å². The van der Waals surface area contributed by atoms with Crippen LogP contribution in [0.1, 0.15) is 37.8 Å². The minimum Gasteiger partial charge on any atom is -0.492 e. The largest absolute Gasteiger partial charge is 0.492 e. The Morgan fingerprint density at radius 1 is 1.24 bits per heavy atom. The van der Waals surface area contributed by atoms with E-state index in [1.54, 1.807) is 6.07 Å². The van der Waals surface area contributed by atoms with E-state index in [0.29, 0.717) is 22.1 Å². The SMILES string of the molecule is CC1(CNC2CCOc3c(Cl)cc(Cl)cc32)CCOCC1. The summed E-state index contributed by atoms with van der Waals surface area (Å²) in [6.07, 6.45) is 3.15. The molecule has 1 atom stereocenters. The van der Waals surface area contributed by atoms with E-state index in [1.165, 1.54) is 0 Å². The minimum absolute atomic E-state index is 0.254. The van der Waals surface area contributed by atoms with E-state index in [2.05, 4.69) is 12.2 Å². The summed E-state index contributed by atoms with van der Waals surface area (Å²) in [5.74, 6) is 0.780. The third-order valence-electron chi connectivity index (χ3n) is 4.54. The van der Waals surface area contributed by atoms with Crippen molar-refractivity contribution >= 4 is 23.2 Å². The number of nitrogens with one attached hydrogen (secondary N) is 1. The maximum Gasteiger partial charge on any atom is 0.142 e. The Hall–Kier alpha value is -0.480. The molecule has 1 aromatic carbocycles. The van der Waals surface area contributed by atoms with E-state index < -0.39 is 0 Å². The average molecular weight is 330 g/mol. The lowest BCUT2D eigenvalue weighted by Crippen LogP contribution is -2.39. The van der Waals surface area contributed by atoms with Crippen LogP contribution in [0.25, 0.3) is 0 Å². The summed E-state index contributed by atoms with van der Waals surface area (Å²) in [4.78, 5) is 0. The Morgan fingerprint density at radius 3 is 2.76 bits per heavy atom. The maximum atomic E-state index is 6.24. The zero-order valence-electron chi connectivity index (χ0n) is 12.3. The van der Waals surface area contributed by atoms with Crippen LogP contribution in [-0.4, -0.2) is 26.4 Å². The highest BCUT2D eigenvalue weighted by Crippen LogP contribution is 2.40. The van der Waals surface area contributed by atoms with Crippen LogP contribution in [0.4, 0.5) is 0 Å². The molecule has 1 N–H and O–H groups in total. The average Bonchev–Trinajstić information content (AvgIpc) is 2.46. The second-order valence-corrected chi connectivity index (χ2v) is 7.14. The normalized spacial score (nSPS) is 24.2. The van der Waals surface area contributed by atoms with Gasteiger partial charge in [-0.1, -0.05) is 30.1 Å². The fourth-order valence-corrected chi connectivity index (χ4v) is 3.61. The Labute approximate surface area is 135 Å². The first-order valence-electron chi connectivity index (χ1n) is 7.50. The number of halogens is 2. The van der Waals surface area contributed by atoms with E-state index in [1.807, 2.05) is 6.07 Å². The molecule has 0 spiro atoms. The van der Waals surface area contributed by atoms with Crippen LogP contribution in [0, 0.1) is 5.41 Å². The monoisotopic (exact) mass is 329 g/mol. The Kier molecular flexibility index (Phi) is 4.65. The molecule has 21 heavy (non-hydrogen) atoms. The fraction of sp³-hybridized carbons (Fsp3) is 0.625. The zero-order chi connectivity index (χ0) is 14.9. The van der Waals surface area contributed by atoms with Crippen LogP contribution in [-0.2, 0) is 4.74 Å². The molecule has 0 aliphatic carbocycles. The number of rotatable bonds is 3. The first-order valence-corrected chi connectivity index (χ1v) is 8.26. The summed E-state index contributed by atoms with van der Waals surface area (Å²) in [7, 11) is 0. The Bertz CT molecular complexity index is 515. The second kappa shape index (κ2) is 6.33. The summed E-state index contributed by atoms with van der Waals surface area (Å²) >= 11 is 12.4. The van der Waals surface area contributed by atoms with Gasteiger partial charge in [-0.3, -0.25) is 0 Å². The smallest absolute Gasteiger partial charge is 0.142 e. The fourth-order valence-electron chi connectivity index (χ4n) is 3.05. The lowest BCUT2D eigenvalue weighted by molar-refractivity contribution is 0.0222. The molecular weight excluding hydrogens is 309 g/mol. The van der Waals surface area contributed by atoms with Gasteiger partial charge in [0.05, 0.1) is 11.6 Å². The van der Waals surface area contributed by atoms with Crippen molar-refractivity contribution in [1.29, 1.82) is 0 Å². The maximum absolute atomic E-state index is 6.24. The zero-order valence-corrected chi connectivity index (χ0v) is 13.8. The molecule has 1 fully saturated rings. The molecule has 0 bridgehead atoms. The van der Waals surface area contributed by atoms with Crippen LogP contribution >= 0.6 is 23.2 Å². The van der Waals surface area contributed by atoms with Crippen LogP contribution in [0.5, 0.6) is 5.75 Å². The first-order chi connectivity index (χ1) is 10.1. The van der Waals surface area contributed by atoms with Gasteiger partial charge in [-0.05, 0) is 30.4 Å². The summed E-state index contributed by atoms with van der Waals surface area (Å²) in [6, 6.07) is 3.96. The van der Waals surface area contributed by atoms with Crippen molar-refractivity contribution in [3.05, 3.63) is 27.7 Å². The topological polar surface area (TPSA) is 30.5 Å². The Balaban J connectivity index is 1.73. The van der Waals surface area contributed by atoms with Crippen LogP contribution < -0.4 is 10.1 Å². The van der Waals surface area contributed by atoms with Gasteiger partial charge in [0.15, 0.2) is 0 Å². The van der Waals surface area contributed by atoms with Gasteiger partial charge in [-0.2, -0.15) is 0 Å².